The van der Waals surface area contributed by atoms with Crippen molar-refractivity contribution in [2.75, 3.05) is 5.43 Å². The second-order valence-corrected chi connectivity index (χ2v) is 7.46. The summed E-state index contributed by atoms with van der Waals surface area (Å²) in [6.07, 6.45) is -3.27. The molecule has 2 aromatic carbocycles. The monoisotopic (exact) mass is 470 g/mol. The predicted molar refractivity (Wildman–Crippen MR) is 115 cm³/mol. The van der Waals surface area contributed by atoms with Gasteiger partial charge >= 0.3 is 6.18 Å². The summed E-state index contributed by atoms with van der Waals surface area (Å²) in [5.74, 6) is 0. The normalized spacial score (nSPS) is 11.8. The average Bonchev–Trinajstić information content (AvgIpc) is 2.96. The van der Waals surface area contributed by atoms with E-state index in [9.17, 15) is 23.3 Å². The highest BCUT2D eigenvalue weighted by atomic mass is 35.5. The molecule has 0 bridgehead atoms. The zero-order chi connectivity index (χ0) is 22.9. The van der Waals surface area contributed by atoms with Gasteiger partial charge in [0.25, 0.3) is 5.69 Å². The van der Waals surface area contributed by atoms with Gasteiger partial charge in [0.2, 0.25) is 0 Å². The van der Waals surface area contributed by atoms with E-state index in [4.69, 9.17) is 23.2 Å². The Balaban J connectivity index is 1.91. The minimum atomic E-state index is -4.69. The molecular weight excluding hydrogens is 456 g/mol. The van der Waals surface area contributed by atoms with E-state index in [1.807, 2.05) is 24.5 Å². The number of aryl methyl sites for hydroxylation is 1. The number of halogens is 5. The van der Waals surface area contributed by atoms with Crippen LogP contribution in [0.5, 0.6) is 0 Å². The molecule has 0 atom stereocenters. The number of hydrogen-bond donors (Lipinski definition) is 1. The summed E-state index contributed by atoms with van der Waals surface area (Å²) in [5, 5.41) is 16.1. The molecule has 31 heavy (non-hydrogen) atoms. The Morgan fingerprint density at radius 1 is 1.13 bits per heavy atom. The third-order valence-electron chi connectivity index (χ3n) is 4.53. The van der Waals surface area contributed by atoms with Gasteiger partial charge in [-0.2, -0.15) is 18.3 Å². The Kier molecular flexibility index (Phi) is 6.28. The van der Waals surface area contributed by atoms with Crippen molar-refractivity contribution >= 4 is 40.8 Å². The van der Waals surface area contributed by atoms with Crippen LogP contribution in [0.15, 0.2) is 47.6 Å². The molecule has 11 heteroatoms. The largest absolute Gasteiger partial charge is 0.416 e. The summed E-state index contributed by atoms with van der Waals surface area (Å²) < 4.78 is 40.3. The number of benzene rings is 2. The molecule has 0 saturated heterocycles. The van der Waals surface area contributed by atoms with Crippen LogP contribution >= 0.6 is 23.2 Å². The molecule has 1 heterocycles. The van der Waals surface area contributed by atoms with Gasteiger partial charge < -0.3 is 4.57 Å². The van der Waals surface area contributed by atoms with Gasteiger partial charge in [0.15, 0.2) is 0 Å². The number of alkyl halides is 3. The topological polar surface area (TPSA) is 72.5 Å². The molecule has 0 aliphatic heterocycles. The van der Waals surface area contributed by atoms with Crippen molar-refractivity contribution in [3.63, 3.8) is 0 Å². The van der Waals surface area contributed by atoms with E-state index in [1.54, 1.807) is 18.2 Å². The van der Waals surface area contributed by atoms with Gasteiger partial charge in [-0.05, 0) is 50.2 Å². The maximum Gasteiger partial charge on any atom is 0.416 e. The van der Waals surface area contributed by atoms with E-state index < -0.39 is 22.4 Å². The van der Waals surface area contributed by atoms with Gasteiger partial charge in [0, 0.05) is 28.0 Å². The van der Waals surface area contributed by atoms with Crippen LogP contribution in [0, 0.1) is 24.0 Å². The van der Waals surface area contributed by atoms with Gasteiger partial charge in [-0.15, -0.1) is 0 Å². The fourth-order valence-corrected chi connectivity index (χ4v) is 3.44. The Hall–Kier alpha value is -3.04. The van der Waals surface area contributed by atoms with E-state index in [0.29, 0.717) is 27.4 Å². The van der Waals surface area contributed by atoms with E-state index >= 15 is 0 Å². The van der Waals surface area contributed by atoms with Crippen molar-refractivity contribution in [1.82, 2.24) is 4.57 Å². The second-order valence-electron chi connectivity index (χ2n) is 6.61. The lowest BCUT2D eigenvalue weighted by Gasteiger charge is -2.12. The number of aromatic nitrogens is 1. The molecule has 1 aromatic heterocycles. The summed E-state index contributed by atoms with van der Waals surface area (Å²) >= 11 is 12.4. The van der Waals surface area contributed by atoms with Gasteiger partial charge in [0.05, 0.1) is 27.4 Å². The fourth-order valence-electron chi connectivity index (χ4n) is 3.07. The first-order chi connectivity index (χ1) is 14.5. The molecule has 0 saturated carbocycles. The standard InChI is InChI=1S/C20H15Cl2F3N4O2/c1-11-7-13(12(2)28(11)18-9-15(21)4-5-16(18)22)10-26-27-17-6-3-14(20(23,24)25)8-19(17)29(30)31/h3-10,27H,1-2H3/b26-10-. The minimum absolute atomic E-state index is 0.166. The number of hydrogen-bond acceptors (Lipinski definition) is 4. The number of nitrogens with one attached hydrogen (secondary N) is 1. The smallest absolute Gasteiger partial charge is 0.316 e. The molecule has 162 valence electrons. The molecule has 6 nitrogen and oxygen atoms in total. The zero-order valence-electron chi connectivity index (χ0n) is 16.2. The molecule has 0 amide bonds. The average molecular weight is 471 g/mol. The quantitative estimate of drug-likeness (QED) is 0.254. The molecule has 1 N–H and O–H groups in total. The van der Waals surface area contributed by atoms with Crippen molar-refractivity contribution in [3.8, 4) is 5.69 Å². The number of nitro benzene ring substituents is 1. The van der Waals surface area contributed by atoms with E-state index in [-0.39, 0.29) is 5.69 Å². The highest BCUT2D eigenvalue weighted by Crippen LogP contribution is 2.35. The van der Waals surface area contributed by atoms with Crippen molar-refractivity contribution in [1.29, 1.82) is 0 Å². The van der Waals surface area contributed by atoms with Crippen LogP contribution in [0.1, 0.15) is 22.5 Å². The number of nitrogens with zero attached hydrogens (tertiary/aromatic N) is 3. The molecule has 0 spiro atoms. The Morgan fingerprint density at radius 2 is 1.84 bits per heavy atom. The molecule has 0 fully saturated rings. The van der Waals surface area contributed by atoms with Crippen molar-refractivity contribution in [2.24, 2.45) is 5.10 Å². The number of anilines is 1. The lowest BCUT2D eigenvalue weighted by Crippen LogP contribution is -2.06. The minimum Gasteiger partial charge on any atom is -0.316 e. The van der Waals surface area contributed by atoms with Crippen LogP contribution in [0.4, 0.5) is 24.5 Å². The first-order valence-electron chi connectivity index (χ1n) is 8.78. The highest BCUT2D eigenvalue weighted by molar-refractivity contribution is 6.34. The maximum absolute atomic E-state index is 12.8. The summed E-state index contributed by atoms with van der Waals surface area (Å²) in [6, 6.07) is 9.06. The van der Waals surface area contributed by atoms with Crippen LogP contribution in [0.3, 0.4) is 0 Å². The van der Waals surface area contributed by atoms with Gasteiger partial charge in [-0.25, -0.2) is 0 Å². The summed E-state index contributed by atoms with van der Waals surface area (Å²) in [4.78, 5) is 10.3. The highest BCUT2D eigenvalue weighted by Gasteiger charge is 2.33. The van der Waals surface area contributed by atoms with Crippen LogP contribution in [0.25, 0.3) is 5.69 Å². The molecule has 0 radical (unpaired) electrons. The number of rotatable bonds is 5. The third-order valence-corrected chi connectivity index (χ3v) is 5.08. The Morgan fingerprint density at radius 3 is 2.48 bits per heavy atom. The molecule has 3 aromatic rings. The van der Waals surface area contributed by atoms with Crippen molar-refractivity contribution in [3.05, 3.63) is 85.1 Å². The van der Waals surface area contributed by atoms with Crippen LogP contribution in [-0.4, -0.2) is 15.7 Å². The van der Waals surface area contributed by atoms with Gasteiger partial charge in [0.1, 0.15) is 5.69 Å². The SMILES string of the molecule is Cc1cc(/C=N\Nc2ccc(C(F)(F)F)cc2[N+](=O)[O-])c(C)n1-c1cc(Cl)ccc1Cl. The summed E-state index contributed by atoms with van der Waals surface area (Å²) in [7, 11) is 0. The second kappa shape index (κ2) is 8.60. The van der Waals surface area contributed by atoms with Crippen molar-refractivity contribution < 1.29 is 18.1 Å². The number of hydrazone groups is 1. The molecule has 3 rings (SSSR count). The van der Waals surface area contributed by atoms with E-state index in [2.05, 4.69) is 10.5 Å². The number of nitro groups is 1. The van der Waals surface area contributed by atoms with Gasteiger partial charge in [-0.1, -0.05) is 23.2 Å². The van der Waals surface area contributed by atoms with Crippen LogP contribution < -0.4 is 5.43 Å². The lowest BCUT2D eigenvalue weighted by molar-refractivity contribution is -0.384. The first kappa shape index (κ1) is 22.6. The molecular formula is C20H15Cl2F3N4O2. The maximum atomic E-state index is 12.8. The third kappa shape index (κ3) is 4.83. The molecule has 0 unspecified atom stereocenters. The predicted octanol–water partition coefficient (Wildman–Crippen LogP) is 6.77. The summed E-state index contributed by atoms with van der Waals surface area (Å²) in [5.41, 5.74) is 3.39. The Labute approximate surface area is 185 Å². The van der Waals surface area contributed by atoms with Crippen LogP contribution in [-0.2, 0) is 6.18 Å². The molecule has 0 aliphatic rings. The van der Waals surface area contributed by atoms with Crippen LogP contribution in [0.2, 0.25) is 10.0 Å². The fraction of sp³-hybridized carbons (Fsp3) is 0.150. The Bertz CT molecular complexity index is 1190. The van der Waals surface area contributed by atoms with Crippen molar-refractivity contribution in [2.45, 2.75) is 20.0 Å². The van der Waals surface area contributed by atoms with E-state index in [1.165, 1.54) is 6.21 Å². The van der Waals surface area contributed by atoms with E-state index in [0.717, 1.165) is 23.5 Å². The summed E-state index contributed by atoms with van der Waals surface area (Å²) in [6.45, 7) is 3.68. The lowest BCUT2D eigenvalue weighted by atomic mass is 10.1. The first-order valence-corrected chi connectivity index (χ1v) is 9.53. The molecule has 0 aliphatic carbocycles. The van der Waals surface area contributed by atoms with Gasteiger partial charge in [-0.3, -0.25) is 15.5 Å². The zero-order valence-corrected chi connectivity index (χ0v) is 17.7.